The number of carboxylic acid groups (broad SMARTS) is 1. The minimum absolute atomic E-state index is 0.333. The number of nitrogens with one attached hydrogen (secondary N) is 2. The number of carbonyl (C=O) groups is 1. The normalized spacial score (nSPS) is 10.7. The average molecular weight is 280 g/mol. The van der Waals surface area contributed by atoms with Gasteiger partial charge < -0.3 is 15.4 Å². The minimum atomic E-state index is -0.899. The van der Waals surface area contributed by atoms with Crippen LogP contribution in [0.25, 0.3) is 10.9 Å². The maximum Gasteiger partial charge on any atom is 0.336 e. The van der Waals surface area contributed by atoms with Crippen LogP contribution in [-0.2, 0) is 6.54 Å². The third kappa shape index (κ3) is 2.60. The first-order valence-corrected chi connectivity index (χ1v) is 6.78. The topological polar surface area (TPSA) is 65.1 Å². The van der Waals surface area contributed by atoms with Gasteiger partial charge in [0.15, 0.2) is 0 Å². The largest absolute Gasteiger partial charge is 0.478 e. The number of fused-ring (bicyclic) bond motifs is 1. The van der Waals surface area contributed by atoms with Gasteiger partial charge in [-0.05, 0) is 47.7 Å². The quantitative estimate of drug-likeness (QED) is 0.681. The maximum atomic E-state index is 11.1. The molecule has 0 aliphatic heterocycles. The first kappa shape index (κ1) is 13.2. The van der Waals surface area contributed by atoms with Gasteiger partial charge in [-0.2, -0.15) is 0 Å². The molecule has 0 amide bonds. The van der Waals surface area contributed by atoms with Crippen molar-refractivity contribution in [1.82, 2.24) is 4.98 Å². The van der Waals surface area contributed by atoms with Crippen molar-refractivity contribution in [1.29, 1.82) is 0 Å². The molecular formula is C17H16N2O2. The van der Waals surface area contributed by atoms with E-state index in [0.717, 1.165) is 22.3 Å². The Bertz CT molecular complexity index is 805. The molecule has 3 rings (SSSR count). The molecule has 0 radical (unpaired) electrons. The Kier molecular flexibility index (Phi) is 3.36. The summed E-state index contributed by atoms with van der Waals surface area (Å²) in [7, 11) is 0. The molecule has 1 aromatic heterocycles. The average Bonchev–Trinajstić information content (AvgIpc) is 2.93. The molecule has 2 aromatic carbocycles. The highest BCUT2D eigenvalue weighted by atomic mass is 16.4. The highest BCUT2D eigenvalue weighted by molar-refractivity contribution is 5.91. The zero-order chi connectivity index (χ0) is 14.8. The molecule has 0 spiro atoms. The van der Waals surface area contributed by atoms with E-state index in [-0.39, 0.29) is 0 Å². The maximum absolute atomic E-state index is 11.1. The number of anilines is 1. The van der Waals surface area contributed by atoms with Crippen LogP contribution in [0.4, 0.5) is 5.69 Å². The number of H-pyrrole nitrogens is 1. The first-order chi connectivity index (χ1) is 10.1. The van der Waals surface area contributed by atoms with Crippen LogP contribution in [0.3, 0.4) is 0 Å². The van der Waals surface area contributed by atoms with Gasteiger partial charge in [0.05, 0.1) is 5.56 Å². The van der Waals surface area contributed by atoms with Gasteiger partial charge in [-0.25, -0.2) is 4.79 Å². The molecule has 0 bridgehead atoms. The highest BCUT2D eigenvalue weighted by Crippen LogP contribution is 2.20. The van der Waals surface area contributed by atoms with E-state index < -0.39 is 5.97 Å². The third-order valence-electron chi connectivity index (χ3n) is 3.67. The molecule has 4 heteroatoms. The van der Waals surface area contributed by atoms with Crippen molar-refractivity contribution in [3.8, 4) is 0 Å². The second kappa shape index (κ2) is 5.32. The van der Waals surface area contributed by atoms with E-state index >= 15 is 0 Å². The summed E-state index contributed by atoms with van der Waals surface area (Å²) < 4.78 is 0. The fourth-order valence-corrected chi connectivity index (χ4v) is 2.46. The molecule has 21 heavy (non-hydrogen) atoms. The molecule has 0 saturated carbocycles. The van der Waals surface area contributed by atoms with Crippen molar-refractivity contribution in [2.75, 3.05) is 5.32 Å². The fraction of sp³-hybridized carbons (Fsp3) is 0.118. The van der Waals surface area contributed by atoms with Crippen molar-refractivity contribution in [3.05, 3.63) is 65.4 Å². The van der Waals surface area contributed by atoms with Crippen LogP contribution in [0.1, 0.15) is 21.5 Å². The molecule has 3 aromatic rings. The van der Waals surface area contributed by atoms with Crippen molar-refractivity contribution in [3.63, 3.8) is 0 Å². The molecule has 0 unspecified atom stereocenters. The lowest BCUT2D eigenvalue weighted by atomic mass is 10.1. The Labute approximate surface area is 122 Å². The molecule has 0 atom stereocenters. The summed E-state index contributed by atoms with van der Waals surface area (Å²) in [5.74, 6) is -0.899. The molecule has 0 saturated heterocycles. The molecule has 0 fully saturated rings. The lowest BCUT2D eigenvalue weighted by molar-refractivity contribution is 0.0696. The number of benzene rings is 2. The number of aromatic carboxylic acids is 1. The van der Waals surface area contributed by atoms with E-state index in [1.165, 1.54) is 5.39 Å². The second-order valence-electron chi connectivity index (χ2n) is 5.04. The lowest BCUT2D eigenvalue weighted by Crippen LogP contribution is -2.05. The summed E-state index contributed by atoms with van der Waals surface area (Å²) >= 11 is 0. The summed E-state index contributed by atoms with van der Waals surface area (Å²) in [5, 5.41) is 13.6. The van der Waals surface area contributed by atoms with Crippen molar-refractivity contribution >= 4 is 22.6 Å². The van der Waals surface area contributed by atoms with Crippen LogP contribution in [0.5, 0.6) is 0 Å². The van der Waals surface area contributed by atoms with Gasteiger partial charge in [-0.3, -0.25) is 0 Å². The zero-order valence-corrected chi connectivity index (χ0v) is 11.7. The molecule has 0 aliphatic rings. The molecular weight excluding hydrogens is 264 g/mol. The van der Waals surface area contributed by atoms with E-state index in [1.807, 2.05) is 25.3 Å². The Morgan fingerprint density at radius 1 is 1.24 bits per heavy atom. The van der Waals surface area contributed by atoms with Crippen LogP contribution in [0, 0.1) is 6.92 Å². The van der Waals surface area contributed by atoms with Crippen LogP contribution >= 0.6 is 0 Å². The van der Waals surface area contributed by atoms with Crippen LogP contribution in [0.2, 0.25) is 0 Å². The van der Waals surface area contributed by atoms with Crippen LogP contribution < -0.4 is 5.32 Å². The van der Waals surface area contributed by atoms with Gasteiger partial charge >= 0.3 is 5.97 Å². The number of aromatic nitrogens is 1. The number of hydrogen-bond acceptors (Lipinski definition) is 2. The second-order valence-corrected chi connectivity index (χ2v) is 5.04. The predicted molar refractivity (Wildman–Crippen MR) is 83.8 cm³/mol. The molecule has 1 heterocycles. The van der Waals surface area contributed by atoms with E-state index in [9.17, 15) is 4.79 Å². The van der Waals surface area contributed by atoms with Crippen molar-refractivity contribution in [2.24, 2.45) is 0 Å². The smallest absolute Gasteiger partial charge is 0.336 e. The first-order valence-electron chi connectivity index (χ1n) is 6.78. The zero-order valence-electron chi connectivity index (χ0n) is 11.7. The van der Waals surface area contributed by atoms with Crippen molar-refractivity contribution < 1.29 is 9.90 Å². The van der Waals surface area contributed by atoms with Gasteiger partial charge in [0.2, 0.25) is 0 Å². The Balaban J connectivity index is 1.81. The summed E-state index contributed by atoms with van der Waals surface area (Å²) in [5.41, 5.74) is 4.18. The summed E-state index contributed by atoms with van der Waals surface area (Å²) in [6.45, 7) is 2.47. The number of rotatable bonds is 4. The SMILES string of the molecule is Cc1c(NCc2ccc3cc[nH]c3c2)cccc1C(=O)O. The molecule has 0 aliphatic carbocycles. The summed E-state index contributed by atoms with van der Waals surface area (Å²) in [6, 6.07) is 13.5. The minimum Gasteiger partial charge on any atom is -0.478 e. The third-order valence-corrected chi connectivity index (χ3v) is 3.67. The molecule has 106 valence electrons. The predicted octanol–water partition coefficient (Wildman–Crippen LogP) is 3.79. The molecule has 3 N–H and O–H groups in total. The van der Waals surface area contributed by atoms with Gasteiger partial charge in [0, 0.05) is 23.9 Å². The molecule has 4 nitrogen and oxygen atoms in total. The van der Waals surface area contributed by atoms with Crippen LogP contribution in [-0.4, -0.2) is 16.1 Å². The number of carboxylic acids is 1. The Hall–Kier alpha value is -2.75. The van der Waals surface area contributed by atoms with E-state index in [4.69, 9.17) is 5.11 Å². The monoisotopic (exact) mass is 280 g/mol. The Morgan fingerprint density at radius 3 is 2.90 bits per heavy atom. The van der Waals surface area contributed by atoms with E-state index in [1.54, 1.807) is 12.1 Å². The number of hydrogen-bond donors (Lipinski definition) is 3. The van der Waals surface area contributed by atoms with Crippen LogP contribution in [0.15, 0.2) is 48.7 Å². The Morgan fingerprint density at radius 2 is 2.10 bits per heavy atom. The van der Waals surface area contributed by atoms with Gasteiger partial charge in [0.25, 0.3) is 0 Å². The van der Waals surface area contributed by atoms with Gasteiger partial charge in [0.1, 0.15) is 0 Å². The highest BCUT2D eigenvalue weighted by Gasteiger charge is 2.09. The summed E-state index contributed by atoms with van der Waals surface area (Å²) in [6.07, 6.45) is 1.92. The van der Waals surface area contributed by atoms with E-state index in [2.05, 4.69) is 28.5 Å². The van der Waals surface area contributed by atoms with Crippen molar-refractivity contribution in [2.45, 2.75) is 13.5 Å². The standard InChI is InChI=1S/C17H16N2O2/c1-11-14(17(20)21)3-2-4-15(11)19-10-12-5-6-13-7-8-18-16(13)9-12/h2-9,18-19H,10H2,1H3,(H,20,21). The summed E-state index contributed by atoms with van der Waals surface area (Å²) in [4.78, 5) is 14.3. The fourth-order valence-electron chi connectivity index (χ4n) is 2.46. The lowest BCUT2D eigenvalue weighted by Gasteiger charge is -2.11. The van der Waals surface area contributed by atoms with Gasteiger partial charge in [-0.1, -0.05) is 18.2 Å². The van der Waals surface area contributed by atoms with Gasteiger partial charge in [-0.15, -0.1) is 0 Å². The number of aromatic amines is 1. The van der Waals surface area contributed by atoms with E-state index in [0.29, 0.717) is 12.1 Å².